The molecule has 3 aromatic rings. The zero-order valence-electron chi connectivity index (χ0n) is 15.9. The molecule has 140 valence electrons. The molecule has 1 saturated heterocycles. The van der Waals surface area contributed by atoms with Crippen LogP contribution in [0.4, 0.5) is 16.2 Å². The molecule has 5 heteroatoms. The maximum atomic E-state index is 12.6. The number of rotatable bonds is 3. The second-order valence-corrected chi connectivity index (χ2v) is 7.41. The fourth-order valence-electron chi connectivity index (χ4n) is 3.84. The lowest BCUT2D eigenvalue weighted by Crippen LogP contribution is -2.31. The van der Waals surface area contributed by atoms with Crippen molar-refractivity contribution in [1.82, 2.24) is 9.88 Å². The highest BCUT2D eigenvalue weighted by Gasteiger charge is 2.21. The van der Waals surface area contributed by atoms with Crippen molar-refractivity contribution in [2.75, 3.05) is 37.4 Å². The molecule has 2 aromatic carbocycles. The molecule has 4 rings (SSSR count). The Morgan fingerprint density at radius 1 is 1.15 bits per heavy atom. The van der Waals surface area contributed by atoms with Gasteiger partial charge in [0.05, 0.1) is 0 Å². The number of amides is 2. The van der Waals surface area contributed by atoms with Crippen LogP contribution in [0.5, 0.6) is 0 Å². The number of aromatic amines is 1. The van der Waals surface area contributed by atoms with E-state index in [1.165, 1.54) is 23.8 Å². The number of carbonyl (C=O) groups excluding carboxylic acids is 1. The van der Waals surface area contributed by atoms with Crippen molar-refractivity contribution in [1.29, 1.82) is 0 Å². The number of carbonyl (C=O) groups is 1. The lowest BCUT2D eigenvalue weighted by Gasteiger charge is -2.28. The number of aromatic nitrogens is 1. The molecule has 1 aliphatic heterocycles. The first-order valence-electron chi connectivity index (χ1n) is 9.51. The number of hydrogen-bond acceptors (Lipinski definition) is 2. The summed E-state index contributed by atoms with van der Waals surface area (Å²) < 4.78 is 0. The summed E-state index contributed by atoms with van der Waals surface area (Å²) in [4.78, 5) is 20.1. The van der Waals surface area contributed by atoms with E-state index in [9.17, 15) is 4.79 Å². The van der Waals surface area contributed by atoms with Gasteiger partial charge in [0, 0.05) is 35.5 Å². The van der Waals surface area contributed by atoms with E-state index in [4.69, 9.17) is 0 Å². The average Bonchev–Trinajstić information content (AvgIpc) is 3.12. The van der Waals surface area contributed by atoms with Crippen molar-refractivity contribution in [3.05, 3.63) is 60.3 Å². The molecule has 5 nitrogen and oxygen atoms in total. The molecule has 0 aliphatic carbocycles. The van der Waals surface area contributed by atoms with Gasteiger partial charge in [-0.05, 0) is 74.8 Å². The third kappa shape index (κ3) is 3.69. The first kappa shape index (κ1) is 17.6. The van der Waals surface area contributed by atoms with Gasteiger partial charge < -0.3 is 15.2 Å². The Morgan fingerprint density at radius 2 is 1.89 bits per heavy atom. The number of nitrogens with zero attached hydrogens (tertiary/aromatic N) is 2. The van der Waals surface area contributed by atoms with Gasteiger partial charge in [0.25, 0.3) is 0 Å². The molecule has 0 spiro atoms. The van der Waals surface area contributed by atoms with Gasteiger partial charge in [-0.1, -0.05) is 18.2 Å². The van der Waals surface area contributed by atoms with Crippen molar-refractivity contribution in [2.45, 2.75) is 18.8 Å². The van der Waals surface area contributed by atoms with Gasteiger partial charge in [-0.15, -0.1) is 0 Å². The summed E-state index contributed by atoms with van der Waals surface area (Å²) in [6.07, 6.45) is 4.50. The Labute approximate surface area is 160 Å². The van der Waals surface area contributed by atoms with Crippen LogP contribution in [0.2, 0.25) is 0 Å². The molecule has 1 aliphatic rings. The van der Waals surface area contributed by atoms with Crippen LogP contribution >= 0.6 is 0 Å². The third-order valence-corrected chi connectivity index (χ3v) is 5.57. The topological polar surface area (TPSA) is 51.4 Å². The van der Waals surface area contributed by atoms with Gasteiger partial charge in [0.2, 0.25) is 0 Å². The zero-order chi connectivity index (χ0) is 18.8. The van der Waals surface area contributed by atoms with E-state index in [0.29, 0.717) is 5.92 Å². The number of fused-ring (bicyclic) bond motifs is 1. The van der Waals surface area contributed by atoms with Crippen molar-refractivity contribution >= 4 is 28.3 Å². The van der Waals surface area contributed by atoms with Gasteiger partial charge in [-0.25, -0.2) is 4.79 Å². The highest BCUT2D eigenvalue weighted by Crippen LogP contribution is 2.34. The third-order valence-electron chi connectivity index (χ3n) is 5.57. The van der Waals surface area contributed by atoms with Gasteiger partial charge >= 0.3 is 6.03 Å². The zero-order valence-corrected chi connectivity index (χ0v) is 15.9. The predicted molar refractivity (Wildman–Crippen MR) is 112 cm³/mol. The standard InChI is InChI=1S/C22H26N4O/c1-25-12-10-16(11-13-25)20-15-23-21-9-8-18(14-19(20)21)26(2)22(27)24-17-6-4-3-5-7-17/h3-9,14-16,23H,10-13H2,1-2H3,(H,24,27). The van der Waals surface area contributed by atoms with E-state index in [-0.39, 0.29) is 6.03 Å². The number of H-pyrrole nitrogens is 1. The van der Waals surface area contributed by atoms with Crippen LogP contribution in [-0.4, -0.2) is 43.1 Å². The monoisotopic (exact) mass is 362 g/mol. The first-order valence-corrected chi connectivity index (χ1v) is 9.51. The number of anilines is 2. The summed E-state index contributed by atoms with van der Waals surface area (Å²) in [5.74, 6) is 0.577. The Balaban J connectivity index is 1.57. The molecule has 1 aromatic heterocycles. The van der Waals surface area contributed by atoms with Crippen molar-refractivity contribution in [3.63, 3.8) is 0 Å². The summed E-state index contributed by atoms with van der Waals surface area (Å²) in [6.45, 7) is 2.27. The van der Waals surface area contributed by atoms with E-state index < -0.39 is 0 Å². The molecule has 0 bridgehead atoms. The van der Waals surface area contributed by atoms with E-state index >= 15 is 0 Å². The lowest BCUT2D eigenvalue weighted by molar-refractivity contribution is 0.256. The highest BCUT2D eigenvalue weighted by atomic mass is 16.2. The van der Waals surface area contributed by atoms with Gasteiger partial charge in [-0.3, -0.25) is 4.90 Å². The number of benzene rings is 2. The maximum absolute atomic E-state index is 12.6. The molecule has 2 amide bonds. The molecular formula is C22H26N4O. The number of para-hydroxylation sites is 1. The Morgan fingerprint density at radius 3 is 2.63 bits per heavy atom. The van der Waals surface area contributed by atoms with Crippen LogP contribution in [0.25, 0.3) is 10.9 Å². The van der Waals surface area contributed by atoms with Crippen LogP contribution < -0.4 is 10.2 Å². The summed E-state index contributed by atoms with van der Waals surface area (Å²) in [7, 11) is 3.99. The lowest BCUT2D eigenvalue weighted by atomic mass is 9.89. The predicted octanol–water partition coefficient (Wildman–Crippen LogP) is 4.65. The number of nitrogens with one attached hydrogen (secondary N) is 2. The normalized spacial score (nSPS) is 15.8. The molecule has 2 heterocycles. The molecule has 0 atom stereocenters. The smallest absolute Gasteiger partial charge is 0.326 e. The fraction of sp³-hybridized carbons (Fsp3) is 0.318. The van der Waals surface area contributed by atoms with E-state index in [2.05, 4.69) is 40.6 Å². The minimum atomic E-state index is -0.142. The molecule has 0 saturated carbocycles. The Kier molecular flexibility index (Phi) is 4.86. The van der Waals surface area contributed by atoms with E-state index in [0.717, 1.165) is 30.0 Å². The SMILES string of the molecule is CN1CCC(c2c[nH]c3ccc(N(C)C(=O)Nc4ccccc4)cc23)CC1. The number of piperidine rings is 1. The second kappa shape index (κ2) is 7.45. The summed E-state index contributed by atoms with van der Waals surface area (Å²) in [5.41, 5.74) is 4.19. The number of likely N-dealkylation sites (tertiary alicyclic amines) is 1. The van der Waals surface area contributed by atoms with Crippen molar-refractivity contribution in [2.24, 2.45) is 0 Å². The molecule has 2 N–H and O–H groups in total. The molecule has 0 unspecified atom stereocenters. The summed E-state index contributed by atoms with van der Waals surface area (Å²) in [5, 5.41) is 4.16. The maximum Gasteiger partial charge on any atom is 0.326 e. The summed E-state index contributed by atoms with van der Waals surface area (Å²) in [6, 6.07) is 15.6. The minimum Gasteiger partial charge on any atom is -0.361 e. The Bertz CT molecular complexity index is 926. The second-order valence-electron chi connectivity index (χ2n) is 7.41. The van der Waals surface area contributed by atoms with E-state index in [1.54, 1.807) is 11.9 Å². The van der Waals surface area contributed by atoms with Gasteiger partial charge in [0.15, 0.2) is 0 Å². The number of urea groups is 1. The number of hydrogen-bond donors (Lipinski definition) is 2. The minimum absolute atomic E-state index is 0.142. The molecule has 1 fully saturated rings. The quantitative estimate of drug-likeness (QED) is 0.713. The van der Waals surface area contributed by atoms with Crippen molar-refractivity contribution in [3.8, 4) is 0 Å². The molecule has 0 radical (unpaired) electrons. The van der Waals surface area contributed by atoms with Crippen LogP contribution in [0, 0.1) is 0 Å². The molecular weight excluding hydrogens is 336 g/mol. The summed E-state index contributed by atoms with van der Waals surface area (Å²) >= 11 is 0. The van der Waals surface area contributed by atoms with Crippen LogP contribution in [0.15, 0.2) is 54.7 Å². The van der Waals surface area contributed by atoms with Gasteiger partial charge in [0.1, 0.15) is 0 Å². The Hall–Kier alpha value is -2.79. The van der Waals surface area contributed by atoms with Gasteiger partial charge in [-0.2, -0.15) is 0 Å². The molecule has 27 heavy (non-hydrogen) atoms. The van der Waals surface area contributed by atoms with Crippen molar-refractivity contribution < 1.29 is 4.79 Å². The highest BCUT2D eigenvalue weighted by molar-refractivity contribution is 6.02. The first-order chi connectivity index (χ1) is 13.1. The fourth-order valence-corrected chi connectivity index (χ4v) is 3.84. The van der Waals surface area contributed by atoms with Crippen LogP contribution in [0.1, 0.15) is 24.3 Å². The largest absolute Gasteiger partial charge is 0.361 e. The van der Waals surface area contributed by atoms with E-state index in [1.807, 2.05) is 36.4 Å². The average molecular weight is 362 g/mol. The van der Waals surface area contributed by atoms with Crippen LogP contribution in [0.3, 0.4) is 0 Å². The van der Waals surface area contributed by atoms with Crippen LogP contribution in [-0.2, 0) is 0 Å².